The zero-order chi connectivity index (χ0) is 10.3. The lowest BCUT2D eigenvalue weighted by Crippen LogP contribution is -1.97. The molecule has 0 aliphatic carbocycles. The van der Waals surface area contributed by atoms with Crippen LogP contribution in [0.4, 0.5) is 0 Å². The molecule has 0 saturated heterocycles. The van der Waals surface area contributed by atoms with Gasteiger partial charge in [-0.1, -0.05) is 11.6 Å². The number of fused-ring (bicyclic) bond motifs is 1. The summed E-state index contributed by atoms with van der Waals surface area (Å²) in [7, 11) is 0. The minimum absolute atomic E-state index is 0.00639. The van der Waals surface area contributed by atoms with E-state index >= 15 is 0 Å². The Balaban J connectivity index is 2.93. The number of halogens is 1. The first-order valence-corrected chi connectivity index (χ1v) is 4.35. The Morgan fingerprint density at radius 1 is 1.64 bits per heavy atom. The zero-order valence-electron chi connectivity index (χ0n) is 7.36. The molecule has 0 fully saturated rings. The van der Waals surface area contributed by atoms with Crippen LogP contribution >= 0.6 is 11.6 Å². The first kappa shape index (κ1) is 9.02. The maximum absolute atomic E-state index is 10.8. The number of carboxylic acid groups (broad SMARTS) is 1. The average Bonchev–Trinajstić information content (AvgIpc) is 2.46. The number of imidazole rings is 1. The van der Waals surface area contributed by atoms with Crippen LogP contribution in [0.5, 0.6) is 0 Å². The average molecular weight is 211 g/mol. The topological polar surface area (TPSA) is 54.6 Å². The number of aryl methyl sites for hydroxylation is 1. The van der Waals surface area contributed by atoms with Crippen LogP contribution in [0.3, 0.4) is 0 Å². The van der Waals surface area contributed by atoms with Gasteiger partial charge in [-0.05, 0) is 19.1 Å². The van der Waals surface area contributed by atoms with Gasteiger partial charge in [0.05, 0.1) is 10.5 Å². The highest BCUT2D eigenvalue weighted by Gasteiger charge is 2.16. The van der Waals surface area contributed by atoms with Crippen LogP contribution in [0, 0.1) is 6.92 Å². The Kier molecular flexibility index (Phi) is 1.93. The monoisotopic (exact) mass is 210 g/mol. The molecule has 0 radical (unpaired) electrons. The van der Waals surface area contributed by atoms with Gasteiger partial charge in [0, 0.05) is 6.20 Å². The number of rotatable bonds is 1. The van der Waals surface area contributed by atoms with Gasteiger partial charge in [-0.2, -0.15) is 0 Å². The molecule has 5 heteroatoms. The summed E-state index contributed by atoms with van der Waals surface area (Å²) in [5.74, 6) is -0.455. The molecule has 0 bridgehead atoms. The number of pyridine rings is 1. The van der Waals surface area contributed by atoms with Gasteiger partial charge in [0.2, 0.25) is 0 Å². The number of hydrogen-bond donors (Lipinski definition) is 1. The number of carbonyl (C=O) groups is 1. The molecule has 0 aliphatic heterocycles. The summed E-state index contributed by atoms with van der Waals surface area (Å²) >= 11 is 5.90. The second-order valence-corrected chi connectivity index (χ2v) is 3.29. The summed E-state index contributed by atoms with van der Waals surface area (Å²) in [5.41, 5.74) is 0.437. The number of aromatic nitrogens is 2. The third kappa shape index (κ3) is 1.15. The molecular weight excluding hydrogens is 204 g/mol. The standard InChI is InChI=1S/C9H7ClN2O2/c1-5-11-7(9(13)14)8-6(10)3-2-4-12(5)8/h2-4H,1H3,(H,13,14). The van der Waals surface area contributed by atoms with Gasteiger partial charge < -0.3 is 9.51 Å². The van der Waals surface area contributed by atoms with Gasteiger partial charge in [-0.3, -0.25) is 0 Å². The summed E-state index contributed by atoms with van der Waals surface area (Å²) in [6.07, 6.45) is 1.73. The summed E-state index contributed by atoms with van der Waals surface area (Å²) in [5, 5.41) is 9.28. The van der Waals surface area contributed by atoms with Gasteiger partial charge >= 0.3 is 5.97 Å². The normalized spacial score (nSPS) is 10.7. The molecule has 0 saturated carbocycles. The molecule has 4 nitrogen and oxygen atoms in total. The Morgan fingerprint density at radius 3 is 3.00 bits per heavy atom. The summed E-state index contributed by atoms with van der Waals surface area (Å²) in [6.45, 7) is 1.73. The third-order valence-corrected chi connectivity index (χ3v) is 2.30. The van der Waals surface area contributed by atoms with Crippen molar-refractivity contribution in [2.24, 2.45) is 0 Å². The molecule has 0 aromatic carbocycles. The van der Waals surface area contributed by atoms with E-state index in [1.165, 1.54) is 0 Å². The van der Waals surface area contributed by atoms with Crippen molar-refractivity contribution >= 4 is 23.1 Å². The molecule has 1 N–H and O–H groups in total. The molecule has 0 spiro atoms. The van der Waals surface area contributed by atoms with E-state index in [4.69, 9.17) is 16.7 Å². The van der Waals surface area contributed by atoms with Crippen LogP contribution in [-0.4, -0.2) is 20.5 Å². The molecule has 0 amide bonds. The second-order valence-electron chi connectivity index (χ2n) is 2.89. The smallest absolute Gasteiger partial charge is 0.356 e. The molecule has 0 unspecified atom stereocenters. The Morgan fingerprint density at radius 2 is 2.36 bits per heavy atom. The van der Waals surface area contributed by atoms with E-state index in [2.05, 4.69) is 4.98 Å². The van der Waals surface area contributed by atoms with E-state index in [1.54, 1.807) is 29.7 Å². The predicted molar refractivity (Wildman–Crippen MR) is 51.9 cm³/mol. The van der Waals surface area contributed by atoms with E-state index in [9.17, 15) is 4.79 Å². The van der Waals surface area contributed by atoms with E-state index in [1.807, 2.05) is 0 Å². The second kappa shape index (κ2) is 2.99. The SMILES string of the molecule is Cc1nc(C(=O)O)c2c(Cl)cccn12. The van der Waals surface area contributed by atoms with E-state index in [0.29, 0.717) is 16.4 Å². The van der Waals surface area contributed by atoms with Crippen molar-refractivity contribution < 1.29 is 9.90 Å². The molecule has 2 aromatic rings. The highest BCUT2D eigenvalue weighted by atomic mass is 35.5. The molecule has 14 heavy (non-hydrogen) atoms. The van der Waals surface area contributed by atoms with Crippen LogP contribution in [0.25, 0.3) is 5.52 Å². The summed E-state index contributed by atoms with van der Waals surface area (Å²) < 4.78 is 1.66. The quantitative estimate of drug-likeness (QED) is 0.783. The number of aromatic carboxylic acids is 1. The fourth-order valence-corrected chi connectivity index (χ4v) is 1.65. The summed E-state index contributed by atoms with van der Waals surface area (Å²) in [4.78, 5) is 14.8. The van der Waals surface area contributed by atoms with Crippen molar-refractivity contribution in [1.29, 1.82) is 0 Å². The molecule has 0 atom stereocenters. The minimum Gasteiger partial charge on any atom is -0.476 e. The van der Waals surface area contributed by atoms with Crippen molar-refractivity contribution in [2.75, 3.05) is 0 Å². The van der Waals surface area contributed by atoms with Crippen LogP contribution in [0.2, 0.25) is 5.02 Å². The van der Waals surface area contributed by atoms with E-state index in [0.717, 1.165) is 0 Å². The van der Waals surface area contributed by atoms with E-state index < -0.39 is 5.97 Å². The first-order chi connectivity index (χ1) is 6.61. The molecule has 72 valence electrons. The minimum atomic E-state index is -1.07. The van der Waals surface area contributed by atoms with Crippen molar-refractivity contribution in [2.45, 2.75) is 6.92 Å². The highest BCUT2D eigenvalue weighted by Crippen LogP contribution is 2.21. The fourth-order valence-electron chi connectivity index (χ4n) is 1.40. The van der Waals surface area contributed by atoms with Gasteiger partial charge in [0.1, 0.15) is 5.82 Å². The van der Waals surface area contributed by atoms with E-state index in [-0.39, 0.29) is 5.69 Å². The van der Waals surface area contributed by atoms with Crippen molar-refractivity contribution in [3.05, 3.63) is 34.9 Å². The number of hydrogen-bond acceptors (Lipinski definition) is 2. The molecule has 0 aliphatic rings. The molecule has 2 heterocycles. The summed E-state index contributed by atoms with van der Waals surface area (Å²) in [6, 6.07) is 3.39. The van der Waals surface area contributed by atoms with Crippen molar-refractivity contribution in [3.63, 3.8) is 0 Å². The molecule has 2 aromatic heterocycles. The van der Waals surface area contributed by atoms with Crippen LogP contribution < -0.4 is 0 Å². The molecule has 2 rings (SSSR count). The van der Waals surface area contributed by atoms with Gasteiger partial charge in [-0.25, -0.2) is 9.78 Å². The lowest BCUT2D eigenvalue weighted by atomic mass is 10.3. The van der Waals surface area contributed by atoms with Gasteiger partial charge in [0.15, 0.2) is 5.69 Å². The van der Waals surface area contributed by atoms with Crippen LogP contribution in [0.1, 0.15) is 16.3 Å². The maximum atomic E-state index is 10.8. The lowest BCUT2D eigenvalue weighted by molar-refractivity contribution is 0.0693. The lowest BCUT2D eigenvalue weighted by Gasteiger charge is -1.97. The fraction of sp³-hybridized carbons (Fsp3) is 0.111. The van der Waals surface area contributed by atoms with Crippen molar-refractivity contribution in [3.8, 4) is 0 Å². The largest absolute Gasteiger partial charge is 0.476 e. The zero-order valence-corrected chi connectivity index (χ0v) is 8.12. The Hall–Kier alpha value is -1.55. The highest BCUT2D eigenvalue weighted by molar-refractivity contribution is 6.34. The number of carboxylic acids is 1. The predicted octanol–water partition coefficient (Wildman–Crippen LogP) is 1.99. The van der Waals surface area contributed by atoms with Crippen LogP contribution in [0.15, 0.2) is 18.3 Å². The molecular formula is C9H7ClN2O2. The Bertz CT molecular complexity index is 519. The third-order valence-electron chi connectivity index (χ3n) is 1.99. The van der Waals surface area contributed by atoms with Gasteiger partial charge in [0.25, 0.3) is 0 Å². The first-order valence-electron chi connectivity index (χ1n) is 3.97. The van der Waals surface area contributed by atoms with Gasteiger partial charge in [-0.15, -0.1) is 0 Å². The van der Waals surface area contributed by atoms with Crippen molar-refractivity contribution in [1.82, 2.24) is 9.38 Å². The van der Waals surface area contributed by atoms with Crippen LogP contribution in [-0.2, 0) is 0 Å². The number of nitrogens with zero attached hydrogens (tertiary/aromatic N) is 2. The maximum Gasteiger partial charge on any atom is 0.356 e. The Labute approximate surface area is 84.8 Å².